The van der Waals surface area contributed by atoms with Gasteiger partial charge in [-0.3, -0.25) is 4.79 Å². The van der Waals surface area contributed by atoms with E-state index in [1.165, 1.54) is 4.70 Å². The van der Waals surface area contributed by atoms with Gasteiger partial charge in [0.1, 0.15) is 6.04 Å². The Kier molecular flexibility index (Phi) is 6.04. The van der Waals surface area contributed by atoms with Gasteiger partial charge in [0.05, 0.1) is 0 Å². The SMILES string of the molecule is O=C(CCCc1csc2ccccc12)NC(CC(F)F)C(=O)O. The minimum Gasteiger partial charge on any atom is -0.480 e. The highest BCUT2D eigenvalue weighted by Gasteiger charge is 2.23. The second-order valence-corrected chi connectivity index (χ2v) is 6.11. The molecule has 1 atom stereocenters. The van der Waals surface area contributed by atoms with E-state index in [0.717, 1.165) is 10.9 Å². The van der Waals surface area contributed by atoms with Gasteiger partial charge in [-0.2, -0.15) is 0 Å². The summed E-state index contributed by atoms with van der Waals surface area (Å²) >= 11 is 1.63. The van der Waals surface area contributed by atoms with E-state index in [2.05, 4.69) is 5.32 Å². The van der Waals surface area contributed by atoms with Crippen molar-refractivity contribution in [1.82, 2.24) is 5.32 Å². The molecular formula is C16H17F2NO3S. The van der Waals surface area contributed by atoms with Crippen molar-refractivity contribution in [3.05, 3.63) is 35.2 Å². The summed E-state index contributed by atoms with van der Waals surface area (Å²) in [5.74, 6) is -1.96. The molecule has 0 saturated carbocycles. The van der Waals surface area contributed by atoms with E-state index >= 15 is 0 Å². The molecule has 2 aromatic rings. The van der Waals surface area contributed by atoms with Crippen molar-refractivity contribution in [2.75, 3.05) is 0 Å². The van der Waals surface area contributed by atoms with Crippen molar-refractivity contribution in [1.29, 1.82) is 0 Å². The van der Waals surface area contributed by atoms with Crippen LogP contribution in [0.25, 0.3) is 10.1 Å². The summed E-state index contributed by atoms with van der Waals surface area (Å²) in [6.45, 7) is 0. The van der Waals surface area contributed by atoms with Gasteiger partial charge < -0.3 is 10.4 Å². The van der Waals surface area contributed by atoms with Gasteiger partial charge in [-0.15, -0.1) is 11.3 Å². The molecule has 0 saturated heterocycles. The van der Waals surface area contributed by atoms with Gasteiger partial charge >= 0.3 is 5.97 Å². The lowest BCUT2D eigenvalue weighted by atomic mass is 10.1. The fourth-order valence-corrected chi connectivity index (χ4v) is 3.33. The third-order valence-corrected chi connectivity index (χ3v) is 4.47. The zero-order valence-corrected chi connectivity index (χ0v) is 13.1. The highest BCUT2D eigenvalue weighted by molar-refractivity contribution is 7.17. The molecule has 1 heterocycles. The van der Waals surface area contributed by atoms with Crippen molar-refractivity contribution in [2.45, 2.75) is 38.2 Å². The molecule has 124 valence electrons. The van der Waals surface area contributed by atoms with Gasteiger partial charge in [0, 0.05) is 17.5 Å². The van der Waals surface area contributed by atoms with Crippen LogP contribution < -0.4 is 5.32 Å². The smallest absolute Gasteiger partial charge is 0.326 e. The fourth-order valence-electron chi connectivity index (χ4n) is 2.33. The molecule has 0 spiro atoms. The van der Waals surface area contributed by atoms with Crippen LogP contribution in [0, 0.1) is 0 Å². The topological polar surface area (TPSA) is 66.4 Å². The summed E-state index contributed by atoms with van der Waals surface area (Å²) < 4.78 is 25.7. The molecule has 1 amide bonds. The van der Waals surface area contributed by atoms with Gasteiger partial charge in [-0.25, -0.2) is 13.6 Å². The number of alkyl halides is 2. The Morgan fingerprint density at radius 1 is 1.26 bits per heavy atom. The van der Waals surface area contributed by atoms with Crippen LogP contribution in [0.1, 0.15) is 24.8 Å². The third-order valence-electron chi connectivity index (χ3n) is 3.46. The van der Waals surface area contributed by atoms with Crippen LogP contribution in [0.3, 0.4) is 0 Å². The van der Waals surface area contributed by atoms with Crippen LogP contribution >= 0.6 is 11.3 Å². The number of fused-ring (bicyclic) bond motifs is 1. The predicted molar refractivity (Wildman–Crippen MR) is 85.0 cm³/mol. The maximum Gasteiger partial charge on any atom is 0.326 e. The molecule has 7 heteroatoms. The number of amides is 1. The molecule has 4 nitrogen and oxygen atoms in total. The quantitative estimate of drug-likeness (QED) is 0.773. The summed E-state index contributed by atoms with van der Waals surface area (Å²) in [6.07, 6.45) is -2.32. The summed E-state index contributed by atoms with van der Waals surface area (Å²) in [5, 5.41) is 14.2. The zero-order chi connectivity index (χ0) is 16.8. The summed E-state index contributed by atoms with van der Waals surface area (Å²) in [4.78, 5) is 22.5. The van der Waals surface area contributed by atoms with Crippen LogP contribution in [-0.2, 0) is 16.0 Å². The number of carbonyl (C=O) groups excluding carboxylic acids is 1. The number of aliphatic carboxylic acids is 1. The average molecular weight is 341 g/mol. The minimum absolute atomic E-state index is 0.108. The summed E-state index contributed by atoms with van der Waals surface area (Å²) in [6, 6.07) is 6.42. The molecular weight excluding hydrogens is 324 g/mol. The first-order valence-electron chi connectivity index (χ1n) is 7.23. The zero-order valence-electron chi connectivity index (χ0n) is 12.3. The van der Waals surface area contributed by atoms with Gasteiger partial charge in [-0.05, 0) is 35.2 Å². The van der Waals surface area contributed by atoms with Gasteiger partial charge in [0.2, 0.25) is 12.3 Å². The Balaban J connectivity index is 1.83. The van der Waals surface area contributed by atoms with E-state index in [0.29, 0.717) is 12.8 Å². The molecule has 0 fully saturated rings. The third kappa shape index (κ3) is 4.99. The van der Waals surface area contributed by atoms with Crippen LogP contribution in [0.5, 0.6) is 0 Å². The number of carboxylic acid groups (broad SMARTS) is 1. The fraction of sp³-hybridized carbons (Fsp3) is 0.375. The number of rotatable bonds is 8. The Labute approximate surface area is 136 Å². The van der Waals surface area contributed by atoms with Gasteiger partial charge in [-0.1, -0.05) is 18.2 Å². The van der Waals surface area contributed by atoms with Crippen molar-refractivity contribution < 1.29 is 23.5 Å². The highest BCUT2D eigenvalue weighted by atomic mass is 32.1. The Morgan fingerprint density at radius 3 is 2.70 bits per heavy atom. The minimum atomic E-state index is -2.77. The highest BCUT2D eigenvalue weighted by Crippen LogP contribution is 2.26. The number of hydrogen-bond donors (Lipinski definition) is 2. The molecule has 2 rings (SSSR count). The van der Waals surface area contributed by atoms with E-state index < -0.39 is 30.8 Å². The van der Waals surface area contributed by atoms with E-state index in [4.69, 9.17) is 5.11 Å². The number of carboxylic acids is 1. The molecule has 1 aromatic carbocycles. The molecule has 0 aliphatic heterocycles. The van der Waals surface area contributed by atoms with Crippen LogP contribution in [-0.4, -0.2) is 29.5 Å². The van der Waals surface area contributed by atoms with Crippen LogP contribution in [0.15, 0.2) is 29.6 Å². The van der Waals surface area contributed by atoms with E-state index in [9.17, 15) is 18.4 Å². The number of carbonyl (C=O) groups is 2. The van der Waals surface area contributed by atoms with E-state index in [1.807, 2.05) is 29.6 Å². The standard InChI is InChI=1S/C16H17F2NO3S/c17-14(18)8-12(16(21)22)19-15(20)7-3-4-10-9-23-13-6-2-1-5-11(10)13/h1-2,5-6,9,12,14H,3-4,7-8H2,(H,19,20)(H,21,22). The number of aryl methyl sites for hydroxylation is 1. The molecule has 0 aliphatic rings. The van der Waals surface area contributed by atoms with Crippen LogP contribution in [0.2, 0.25) is 0 Å². The maximum absolute atomic E-state index is 12.3. The Bertz CT molecular complexity index is 687. The van der Waals surface area contributed by atoms with Crippen molar-refractivity contribution in [3.63, 3.8) is 0 Å². The number of thiophene rings is 1. The van der Waals surface area contributed by atoms with Gasteiger partial charge in [0.15, 0.2) is 0 Å². The lowest BCUT2D eigenvalue weighted by Gasteiger charge is -2.13. The first-order chi connectivity index (χ1) is 11.0. The second-order valence-electron chi connectivity index (χ2n) is 5.20. The Hall–Kier alpha value is -2.02. The molecule has 2 N–H and O–H groups in total. The lowest BCUT2D eigenvalue weighted by Crippen LogP contribution is -2.41. The number of nitrogens with one attached hydrogen (secondary N) is 1. The first kappa shape index (κ1) is 17.3. The molecule has 23 heavy (non-hydrogen) atoms. The lowest BCUT2D eigenvalue weighted by molar-refractivity contribution is -0.143. The number of halogens is 2. The molecule has 0 bridgehead atoms. The molecule has 0 radical (unpaired) electrons. The van der Waals surface area contributed by atoms with Crippen LogP contribution in [0.4, 0.5) is 8.78 Å². The van der Waals surface area contributed by atoms with Crippen molar-refractivity contribution in [3.8, 4) is 0 Å². The first-order valence-corrected chi connectivity index (χ1v) is 8.10. The normalized spacial score (nSPS) is 12.5. The summed E-state index contributed by atoms with van der Waals surface area (Å²) in [7, 11) is 0. The second kappa shape index (κ2) is 8.01. The molecule has 0 aliphatic carbocycles. The monoisotopic (exact) mass is 341 g/mol. The number of hydrogen-bond acceptors (Lipinski definition) is 3. The Morgan fingerprint density at radius 2 is 2.00 bits per heavy atom. The molecule has 1 aromatic heterocycles. The maximum atomic E-state index is 12.3. The molecule has 1 unspecified atom stereocenters. The van der Waals surface area contributed by atoms with E-state index in [1.54, 1.807) is 11.3 Å². The largest absolute Gasteiger partial charge is 0.480 e. The average Bonchev–Trinajstić information content (AvgIpc) is 2.89. The van der Waals surface area contributed by atoms with Crippen molar-refractivity contribution >= 4 is 33.3 Å². The summed E-state index contributed by atoms with van der Waals surface area (Å²) in [5.41, 5.74) is 1.14. The van der Waals surface area contributed by atoms with Crippen molar-refractivity contribution in [2.24, 2.45) is 0 Å². The van der Waals surface area contributed by atoms with Gasteiger partial charge in [0.25, 0.3) is 0 Å². The number of benzene rings is 1. The predicted octanol–water partition coefficient (Wildman–Crippen LogP) is 3.45. The van der Waals surface area contributed by atoms with E-state index in [-0.39, 0.29) is 6.42 Å².